The fraction of sp³-hybridized carbons (Fsp3) is 0.353. The van der Waals surface area contributed by atoms with Crippen LogP contribution in [0.2, 0.25) is 0 Å². The van der Waals surface area contributed by atoms with E-state index in [1.165, 1.54) is 24.0 Å². The van der Waals surface area contributed by atoms with Crippen molar-refractivity contribution in [1.82, 2.24) is 9.88 Å². The highest BCUT2D eigenvalue weighted by molar-refractivity contribution is 7.17. The van der Waals surface area contributed by atoms with Crippen molar-refractivity contribution < 1.29 is 23.9 Å². The Morgan fingerprint density at radius 3 is 2.58 bits per heavy atom. The molecule has 1 N–H and O–H groups in total. The summed E-state index contributed by atoms with van der Waals surface area (Å²) in [5.74, 6) is -1.03. The second-order valence-corrected chi connectivity index (χ2v) is 12.6. The van der Waals surface area contributed by atoms with Gasteiger partial charge in [0.25, 0.3) is 5.91 Å². The van der Waals surface area contributed by atoms with E-state index in [0.29, 0.717) is 40.4 Å². The van der Waals surface area contributed by atoms with E-state index in [4.69, 9.17) is 14.5 Å². The topological polar surface area (TPSA) is 97.8 Å². The average molecular weight is 598 g/mol. The highest BCUT2D eigenvalue weighted by atomic mass is 32.1. The second-order valence-electron chi connectivity index (χ2n) is 11.5. The van der Waals surface area contributed by atoms with Gasteiger partial charge >= 0.3 is 11.9 Å². The van der Waals surface area contributed by atoms with Gasteiger partial charge in [-0.25, -0.2) is 9.59 Å². The average Bonchev–Trinajstić information content (AvgIpc) is 3.36. The molecule has 0 radical (unpaired) electrons. The van der Waals surface area contributed by atoms with Crippen molar-refractivity contribution in [2.75, 3.05) is 19.0 Å². The molecular weight excluding hydrogens is 562 g/mol. The molecular formula is C34H35N3O5S. The van der Waals surface area contributed by atoms with Crippen LogP contribution in [0.4, 0.5) is 5.00 Å². The Balaban J connectivity index is 1.25. The van der Waals surface area contributed by atoms with Crippen molar-refractivity contribution in [2.45, 2.75) is 58.7 Å². The van der Waals surface area contributed by atoms with E-state index in [1.807, 2.05) is 42.5 Å². The summed E-state index contributed by atoms with van der Waals surface area (Å²) < 4.78 is 10.9. The van der Waals surface area contributed by atoms with Crippen molar-refractivity contribution in [2.24, 2.45) is 5.92 Å². The van der Waals surface area contributed by atoms with Gasteiger partial charge in [0, 0.05) is 47.6 Å². The monoisotopic (exact) mass is 597 g/mol. The van der Waals surface area contributed by atoms with Crippen LogP contribution in [-0.4, -0.2) is 47.5 Å². The molecule has 43 heavy (non-hydrogen) atoms. The van der Waals surface area contributed by atoms with Gasteiger partial charge in [-0.05, 0) is 49.3 Å². The molecule has 2 aromatic heterocycles. The minimum absolute atomic E-state index is 0.411. The summed E-state index contributed by atoms with van der Waals surface area (Å²) >= 11 is 1.40. The summed E-state index contributed by atoms with van der Waals surface area (Å²) in [5.41, 5.74) is 5.46. The Labute approximate surface area is 255 Å². The Hall–Kier alpha value is -4.08. The largest absolute Gasteiger partial charge is 0.465 e. The third-order valence-electron chi connectivity index (χ3n) is 8.37. The lowest BCUT2D eigenvalue weighted by Gasteiger charge is -2.30. The lowest BCUT2D eigenvalue weighted by atomic mass is 9.88. The van der Waals surface area contributed by atoms with E-state index < -0.39 is 23.9 Å². The number of benzene rings is 2. The Morgan fingerprint density at radius 1 is 1.02 bits per heavy atom. The number of rotatable bonds is 7. The molecule has 2 atom stereocenters. The first-order valence-electron chi connectivity index (χ1n) is 14.7. The van der Waals surface area contributed by atoms with Crippen LogP contribution in [0, 0.1) is 5.92 Å². The minimum Gasteiger partial charge on any atom is -0.465 e. The van der Waals surface area contributed by atoms with Gasteiger partial charge in [0.05, 0.1) is 23.8 Å². The highest BCUT2D eigenvalue weighted by Gasteiger charge is 2.32. The second kappa shape index (κ2) is 12.3. The Bertz CT molecular complexity index is 1700. The van der Waals surface area contributed by atoms with Gasteiger partial charge in [0.15, 0.2) is 6.10 Å². The number of thiophene rings is 1. The number of para-hydroxylation sites is 1. The molecule has 2 unspecified atom stereocenters. The smallest absolute Gasteiger partial charge is 0.341 e. The van der Waals surface area contributed by atoms with Gasteiger partial charge in [0.2, 0.25) is 0 Å². The number of amides is 1. The molecule has 0 fully saturated rings. The van der Waals surface area contributed by atoms with Gasteiger partial charge < -0.3 is 14.8 Å². The predicted molar refractivity (Wildman–Crippen MR) is 166 cm³/mol. The van der Waals surface area contributed by atoms with E-state index in [1.54, 1.807) is 6.92 Å². The number of ether oxygens (including phenoxy) is 2. The number of nitrogens with one attached hydrogen (secondary N) is 1. The zero-order valence-electron chi connectivity index (χ0n) is 24.6. The van der Waals surface area contributed by atoms with Gasteiger partial charge in [-0.15, -0.1) is 11.3 Å². The molecule has 0 saturated carbocycles. The third-order valence-corrected chi connectivity index (χ3v) is 9.54. The number of pyridine rings is 1. The molecule has 3 heterocycles. The number of hydrogen-bond donors (Lipinski definition) is 1. The molecule has 222 valence electrons. The lowest BCUT2D eigenvalue weighted by Crippen LogP contribution is -2.34. The predicted octanol–water partition coefficient (Wildman–Crippen LogP) is 5.95. The molecule has 1 aliphatic carbocycles. The fourth-order valence-corrected chi connectivity index (χ4v) is 7.50. The molecule has 2 aromatic carbocycles. The number of fused-ring (bicyclic) bond motifs is 3. The van der Waals surface area contributed by atoms with Crippen molar-refractivity contribution in [1.29, 1.82) is 0 Å². The van der Waals surface area contributed by atoms with Gasteiger partial charge in [-0.3, -0.25) is 14.7 Å². The zero-order valence-corrected chi connectivity index (χ0v) is 25.5. The number of nitrogens with zero attached hydrogens (tertiary/aromatic N) is 2. The molecule has 0 bridgehead atoms. The maximum Gasteiger partial charge on any atom is 0.341 e. The number of esters is 2. The first kappa shape index (κ1) is 29.0. The van der Waals surface area contributed by atoms with Gasteiger partial charge in [-0.1, -0.05) is 55.5 Å². The van der Waals surface area contributed by atoms with Crippen LogP contribution in [0.5, 0.6) is 0 Å². The Kier molecular flexibility index (Phi) is 8.27. The standard InChI is InChI=1S/C34H35N3O5S/c1-20-13-14-24-28(17-20)43-32(30(24)33(39)41-3)36-31(38)21(2)42-34(40)29-23-11-7-8-12-26(23)35-27-15-16-37(19-25(27)29)18-22-9-5-4-6-10-22/h4-12,20-21H,13-19H2,1-3H3,(H,36,38). The normalized spacial score (nSPS) is 17.0. The molecule has 2 aliphatic rings. The van der Waals surface area contributed by atoms with Crippen LogP contribution < -0.4 is 5.32 Å². The SMILES string of the molecule is COC(=O)c1c(NC(=O)C(C)OC(=O)c2c3c(nc4ccccc24)CCN(Cc2ccccc2)C3)sc2c1CCC(C)C2. The van der Waals surface area contributed by atoms with E-state index in [0.717, 1.165) is 59.6 Å². The van der Waals surface area contributed by atoms with Crippen LogP contribution in [0.25, 0.3) is 10.9 Å². The fourth-order valence-electron chi connectivity index (χ4n) is 6.10. The van der Waals surface area contributed by atoms with E-state index in [-0.39, 0.29) is 0 Å². The lowest BCUT2D eigenvalue weighted by molar-refractivity contribution is -0.123. The maximum atomic E-state index is 13.9. The maximum absolute atomic E-state index is 13.9. The van der Waals surface area contributed by atoms with Gasteiger partial charge in [0.1, 0.15) is 5.00 Å². The van der Waals surface area contributed by atoms with Crippen LogP contribution in [-0.2, 0) is 46.6 Å². The van der Waals surface area contributed by atoms with E-state index in [9.17, 15) is 14.4 Å². The summed E-state index contributed by atoms with van der Waals surface area (Å²) in [6, 6.07) is 17.8. The summed E-state index contributed by atoms with van der Waals surface area (Å²) in [4.78, 5) is 48.2. The quantitative estimate of drug-likeness (QED) is 0.263. The Morgan fingerprint density at radius 2 is 1.79 bits per heavy atom. The first-order chi connectivity index (χ1) is 20.8. The number of carbonyl (C=O) groups is 3. The van der Waals surface area contributed by atoms with Crippen LogP contribution in [0.3, 0.4) is 0 Å². The summed E-state index contributed by atoms with van der Waals surface area (Å²) in [7, 11) is 1.34. The summed E-state index contributed by atoms with van der Waals surface area (Å²) in [5, 5.41) is 4.02. The molecule has 8 nitrogen and oxygen atoms in total. The number of hydrogen-bond acceptors (Lipinski definition) is 8. The molecule has 1 amide bonds. The number of aromatic nitrogens is 1. The number of anilines is 1. The van der Waals surface area contributed by atoms with Crippen LogP contribution >= 0.6 is 11.3 Å². The molecule has 0 spiro atoms. The molecule has 1 aliphatic heterocycles. The van der Waals surface area contributed by atoms with Crippen LogP contribution in [0.1, 0.15) is 68.2 Å². The van der Waals surface area contributed by atoms with Crippen molar-refractivity contribution >= 4 is 45.1 Å². The van der Waals surface area contributed by atoms with Crippen molar-refractivity contribution in [3.63, 3.8) is 0 Å². The van der Waals surface area contributed by atoms with Crippen molar-refractivity contribution in [3.8, 4) is 0 Å². The first-order valence-corrected chi connectivity index (χ1v) is 15.6. The molecule has 0 saturated heterocycles. The van der Waals surface area contributed by atoms with Gasteiger partial charge in [-0.2, -0.15) is 0 Å². The minimum atomic E-state index is -1.09. The number of methoxy groups -OCH3 is 1. The molecule has 4 aromatic rings. The summed E-state index contributed by atoms with van der Waals surface area (Å²) in [6.07, 6.45) is 2.21. The van der Waals surface area contributed by atoms with E-state index >= 15 is 0 Å². The summed E-state index contributed by atoms with van der Waals surface area (Å²) in [6.45, 7) is 5.87. The van der Waals surface area contributed by atoms with Crippen LogP contribution in [0.15, 0.2) is 54.6 Å². The number of carbonyl (C=O) groups excluding carboxylic acids is 3. The molecule has 9 heteroatoms. The van der Waals surface area contributed by atoms with E-state index in [2.05, 4.69) is 29.3 Å². The highest BCUT2D eigenvalue weighted by Crippen LogP contribution is 2.40. The zero-order chi connectivity index (χ0) is 30.1. The van der Waals surface area contributed by atoms with Crippen molar-refractivity contribution in [3.05, 3.63) is 93.0 Å². The third kappa shape index (κ3) is 5.92. The molecule has 6 rings (SSSR count).